The van der Waals surface area contributed by atoms with E-state index in [1.54, 1.807) is 7.11 Å². The first-order chi connectivity index (χ1) is 11.4. The van der Waals surface area contributed by atoms with Gasteiger partial charge >= 0.3 is 0 Å². The van der Waals surface area contributed by atoms with Crippen molar-refractivity contribution in [3.63, 3.8) is 0 Å². The Morgan fingerprint density at radius 3 is 2.78 bits per heavy atom. The van der Waals surface area contributed by atoms with Crippen molar-refractivity contribution in [3.8, 4) is 0 Å². The summed E-state index contributed by atoms with van der Waals surface area (Å²) in [7, 11) is 1.66. The summed E-state index contributed by atoms with van der Waals surface area (Å²) in [5, 5.41) is 0. The highest BCUT2D eigenvalue weighted by Gasteiger charge is 2.23. The predicted molar refractivity (Wildman–Crippen MR) is 95.3 cm³/mol. The zero-order valence-electron chi connectivity index (χ0n) is 13.5. The lowest BCUT2D eigenvalue weighted by Gasteiger charge is -2.31. The number of pyridine rings is 1. The van der Waals surface area contributed by atoms with E-state index < -0.39 is 0 Å². The predicted octanol–water partition coefficient (Wildman–Crippen LogP) is 4.40. The topological polar surface area (TPSA) is 37.4 Å². The van der Waals surface area contributed by atoms with Gasteiger partial charge in [-0.2, -0.15) is 0 Å². The lowest BCUT2D eigenvalue weighted by atomic mass is 10.1. The average molecular weight is 329 g/mol. The van der Waals surface area contributed by atoms with Gasteiger partial charge in [0.15, 0.2) is 0 Å². The molecule has 1 aliphatic heterocycles. The standard InChI is InChI=1S/C18H23N3OS/c1-22-20-13-6-2-3-7-14-21-15-9-4-5-10-16(15)23-17-11-8-12-19-18(17)21/h4-5,8-12,20H,2-3,6-7,13-14H2,1H3. The summed E-state index contributed by atoms with van der Waals surface area (Å²) in [6.45, 7) is 1.93. The third-order valence-electron chi connectivity index (χ3n) is 3.94. The quantitative estimate of drug-likeness (QED) is 0.574. The number of nitrogens with zero attached hydrogens (tertiary/aromatic N) is 2. The molecule has 0 spiro atoms. The molecule has 4 nitrogen and oxygen atoms in total. The van der Waals surface area contributed by atoms with Crippen LogP contribution in [-0.2, 0) is 4.84 Å². The van der Waals surface area contributed by atoms with Gasteiger partial charge in [0, 0.05) is 24.2 Å². The lowest BCUT2D eigenvalue weighted by molar-refractivity contribution is 0.0905. The third kappa shape index (κ3) is 4.05. The normalized spacial score (nSPS) is 12.8. The molecule has 23 heavy (non-hydrogen) atoms. The Morgan fingerprint density at radius 1 is 1.04 bits per heavy atom. The number of rotatable bonds is 8. The van der Waals surface area contributed by atoms with Gasteiger partial charge in [-0.1, -0.05) is 36.7 Å². The molecular weight excluding hydrogens is 306 g/mol. The zero-order valence-corrected chi connectivity index (χ0v) is 14.3. The molecule has 0 saturated carbocycles. The Balaban J connectivity index is 1.62. The lowest BCUT2D eigenvalue weighted by Crippen LogP contribution is -2.23. The van der Waals surface area contributed by atoms with Crippen molar-refractivity contribution in [2.45, 2.75) is 35.5 Å². The fourth-order valence-corrected chi connectivity index (χ4v) is 3.88. The molecule has 0 bridgehead atoms. The highest BCUT2D eigenvalue weighted by molar-refractivity contribution is 7.99. The molecule has 1 aromatic carbocycles. The number of nitrogens with one attached hydrogen (secondary N) is 1. The number of hydrogen-bond donors (Lipinski definition) is 1. The summed E-state index contributed by atoms with van der Waals surface area (Å²) in [5.41, 5.74) is 4.17. The van der Waals surface area contributed by atoms with Crippen molar-refractivity contribution < 1.29 is 4.84 Å². The van der Waals surface area contributed by atoms with Crippen LogP contribution in [0.5, 0.6) is 0 Å². The molecule has 0 amide bonds. The number of unbranched alkanes of at least 4 members (excludes halogenated alkanes) is 3. The van der Waals surface area contributed by atoms with Crippen molar-refractivity contribution in [1.82, 2.24) is 10.5 Å². The molecule has 5 heteroatoms. The monoisotopic (exact) mass is 329 g/mol. The van der Waals surface area contributed by atoms with E-state index in [1.165, 1.54) is 34.7 Å². The summed E-state index contributed by atoms with van der Waals surface area (Å²) in [4.78, 5) is 14.4. The minimum absolute atomic E-state index is 0.921. The Hall–Kier alpha value is -1.56. The molecule has 3 rings (SSSR count). The van der Waals surface area contributed by atoms with E-state index in [-0.39, 0.29) is 0 Å². The molecule has 1 N–H and O–H groups in total. The molecule has 0 fully saturated rings. The number of fused-ring (bicyclic) bond motifs is 2. The number of anilines is 2. The Bertz CT molecular complexity index is 590. The van der Waals surface area contributed by atoms with Gasteiger partial charge in [-0.15, -0.1) is 0 Å². The van der Waals surface area contributed by atoms with Crippen molar-refractivity contribution in [3.05, 3.63) is 42.6 Å². The molecule has 0 unspecified atom stereocenters. The van der Waals surface area contributed by atoms with Gasteiger partial charge in [-0.25, -0.2) is 10.5 Å². The number of benzene rings is 1. The zero-order chi connectivity index (χ0) is 15.9. The van der Waals surface area contributed by atoms with Crippen molar-refractivity contribution in [2.24, 2.45) is 0 Å². The second-order valence-electron chi connectivity index (χ2n) is 5.56. The molecule has 2 heterocycles. The maximum atomic E-state index is 4.85. The summed E-state index contributed by atoms with van der Waals surface area (Å²) in [5.74, 6) is 1.09. The summed E-state index contributed by atoms with van der Waals surface area (Å²) in [6, 6.07) is 12.8. The molecule has 122 valence electrons. The van der Waals surface area contributed by atoms with Crippen LogP contribution in [0.2, 0.25) is 0 Å². The number of aromatic nitrogens is 1. The van der Waals surface area contributed by atoms with Crippen LogP contribution < -0.4 is 10.4 Å². The van der Waals surface area contributed by atoms with Gasteiger partial charge in [-0.05, 0) is 37.1 Å². The van der Waals surface area contributed by atoms with Crippen molar-refractivity contribution in [1.29, 1.82) is 0 Å². The van der Waals surface area contributed by atoms with Crippen molar-refractivity contribution >= 4 is 23.3 Å². The fourth-order valence-electron chi connectivity index (χ4n) is 2.81. The molecule has 1 aliphatic rings. The van der Waals surface area contributed by atoms with Gasteiger partial charge in [-0.3, -0.25) is 0 Å². The summed E-state index contributed by atoms with van der Waals surface area (Å²) in [6.07, 6.45) is 6.64. The van der Waals surface area contributed by atoms with Crippen LogP contribution in [0.25, 0.3) is 0 Å². The van der Waals surface area contributed by atoms with Crippen LogP contribution in [0, 0.1) is 0 Å². The minimum Gasteiger partial charge on any atom is -0.324 e. The smallest absolute Gasteiger partial charge is 0.147 e. The molecule has 0 saturated heterocycles. The van der Waals surface area contributed by atoms with Crippen LogP contribution in [0.3, 0.4) is 0 Å². The van der Waals surface area contributed by atoms with E-state index in [2.05, 4.69) is 45.7 Å². The summed E-state index contributed by atoms with van der Waals surface area (Å²) < 4.78 is 0. The Morgan fingerprint density at radius 2 is 1.87 bits per heavy atom. The Kier molecular flexibility index (Phi) is 5.91. The van der Waals surface area contributed by atoms with Gasteiger partial charge in [0.2, 0.25) is 0 Å². The number of para-hydroxylation sites is 1. The van der Waals surface area contributed by atoms with Crippen LogP contribution in [0.1, 0.15) is 25.7 Å². The van der Waals surface area contributed by atoms with Crippen LogP contribution in [0.4, 0.5) is 11.5 Å². The SMILES string of the molecule is CONCCCCCCN1c2ccccc2Sc2cccnc21. The van der Waals surface area contributed by atoms with Crippen LogP contribution >= 0.6 is 11.8 Å². The fraction of sp³-hybridized carbons (Fsp3) is 0.389. The van der Waals surface area contributed by atoms with Crippen LogP contribution in [-0.4, -0.2) is 25.2 Å². The first-order valence-electron chi connectivity index (χ1n) is 8.15. The molecule has 2 aromatic rings. The molecule has 1 aromatic heterocycles. The van der Waals surface area contributed by atoms with Crippen molar-refractivity contribution in [2.75, 3.05) is 25.1 Å². The van der Waals surface area contributed by atoms with Gasteiger partial charge in [0.25, 0.3) is 0 Å². The Labute approximate surface area is 142 Å². The number of hydroxylamine groups is 1. The van der Waals surface area contributed by atoms with Gasteiger partial charge < -0.3 is 9.74 Å². The highest BCUT2D eigenvalue weighted by Crippen LogP contribution is 2.46. The van der Waals surface area contributed by atoms with E-state index >= 15 is 0 Å². The van der Waals surface area contributed by atoms with E-state index in [9.17, 15) is 0 Å². The average Bonchev–Trinajstić information content (AvgIpc) is 2.60. The van der Waals surface area contributed by atoms with Gasteiger partial charge in [0.05, 0.1) is 17.7 Å². The molecule has 0 radical (unpaired) electrons. The second kappa shape index (κ2) is 8.34. The molecular formula is C18H23N3OS. The van der Waals surface area contributed by atoms with E-state index in [4.69, 9.17) is 4.84 Å². The molecule has 0 aliphatic carbocycles. The maximum Gasteiger partial charge on any atom is 0.147 e. The second-order valence-corrected chi connectivity index (χ2v) is 6.64. The summed E-state index contributed by atoms with van der Waals surface area (Å²) >= 11 is 1.81. The number of hydrogen-bond acceptors (Lipinski definition) is 5. The van der Waals surface area contributed by atoms with E-state index in [0.717, 1.165) is 25.3 Å². The molecule has 0 atom stereocenters. The van der Waals surface area contributed by atoms with Gasteiger partial charge in [0.1, 0.15) is 5.82 Å². The van der Waals surface area contributed by atoms with Crippen LogP contribution in [0.15, 0.2) is 52.4 Å². The minimum atomic E-state index is 0.921. The highest BCUT2D eigenvalue weighted by atomic mass is 32.2. The third-order valence-corrected chi connectivity index (χ3v) is 5.04. The largest absolute Gasteiger partial charge is 0.324 e. The first-order valence-corrected chi connectivity index (χ1v) is 8.97. The van der Waals surface area contributed by atoms with E-state index in [0.29, 0.717) is 0 Å². The first kappa shape index (κ1) is 16.3. The van der Waals surface area contributed by atoms with E-state index in [1.807, 2.05) is 24.0 Å². The maximum absolute atomic E-state index is 4.85.